The van der Waals surface area contributed by atoms with Crippen molar-refractivity contribution in [3.05, 3.63) is 87.2 Å². The number of benzene rings is 2. The van der Waals surface area contributed by atoms with Crippen LogP contribution in [0.15, 0.2) is 60.4 Å². The van der Waals surface area contributed by atoms with Gasteiger partial charge in [0.1, 0.15) is 17.3 Å². The van der Waals surface area contributed by atoms with Gasteiger partial charge < -0.3 is 14.6 Å². The highest BCUT2D eigenvalue weighted by atomic mass is 16.6. The first-order chi connectivity index (χ1) is 13.4. The van der Waals surface area contributed by atoms with Crippen molar-refractivity contribution in [1.82, 2.24) is 0 Å². The van der Waals surface area contributed by atoms with Crippen molar-refractivity contribution in [2.45, 2.75) is 5.60 Å². The number of carbonyl (C=O) groups is 2. The number of carbonyl (C=O) groups excluding carboxylic acids is 2. The zero-order valence-corrected chi connectivity index (χ0v) is 14.1. The van der Waals surface area contributed by atoms with Gasteiger partial charge in [-0.15, -0.1) is 0 Å². The van der Waals surface area contributed by atoms with Crippen molar-refractivity contribution in [3.8, 4) is 11.5 Å². The van der Waals surface area contributed by atoms with Gasteiger partial charge in [-0.25, -0.2) is 4.79 Å². The van der Waals surface area contributed by atoms with Gasteiger partial charge in [0.2, 0.25) is 0 Å². The zero-order valence-electron chi connectivity index (χ0n) is 14.1. The number of hydrogen-bond donors (Lipinski definition) is 1. The Bertz CT molecular complexity index is 1160. The number of fused-ring (bicyclic) bond motifs is 6. The lowest BCUT2D eigenvalue weighted by Crippen LogP contribution is -2.42. The molecule has 2 aromatic rings. The van der Waals surface area contributed by atoms with E-state index in [-0.39, 0.29) is 34.3 Å². The first kappa shape index (κ1) is 16.2. The second kappa shape index (κ2) is 5.29. The molecule has 1 spiro atoms. The number of allylic oxidation sites excluding steroid dienone is 2. The number of phenols is 1. The molecule has 0 fully saturated rings. The highest BCUT2D eigenvalue weighted by Crippen LogP contribution is 2.57. The van der Waals surface area contributed by atoms with Crippen LogP contribution in [0.4, 0.5) is 5.69 Å². The molecular weight excluding hydrogens is 366 g/mol. The maximum absolute atomic E-state index is 12.7. The second-order valence-electron chi connectivity index (χ2n) is 6.68. The summed E-state index contributed by atoms with van der Waals surface area (Å²) in [5.74, 6) is -1.16. The number of rotatable bonds is 1. The smallest absolute Gasteiger partial charge is 0.340 e. The predicted molar refractivity (Wildman–Crippen MR) is 93.7 cm³/mol. The van der Waals surface area contributed by atoms with E-state index in [9.17, 15) is 24.8 Å². The number of nitro groups is 1. The predicted octanol–water partition coefficient (Wildman–Crippen LogP) is 2.75. The van der Waals surface area contributed by atoms with Crippen LogP contribution < -0.4 is 4.74 Å². The van der Waals surface area contributed by atoms with Crippen molar-refractivity contribution in [2.24, 2.45) is 5.92 Å². The van der Waals surface area contributed by atoms with E-state index >= 15 is 0 Å². The molecule has 0 unspecified atom stereocenters. The summed E-state index contributed by atoms with van der Waals surface area (Å²) in [5, 5.41) is 21.0. The molecule has 5 rings (SSSR count). The van der Waals surface area contributed by atoms with Crippen molar-refractivity contribution in [3.63, 3.8) is 0 Å². The van der Waals surface area contributed by atoms with E-state index in [1.807, 2.05) is 0 Å². The molecule has 0 bridgehead atoms. The highest BCUT2D eigenvalue weighted by Gasteiger charge is 2.58. The largest absolute Gasteiger partial charge is 0.508 e. The molecule has 0 aromatic heterocycles. The summed E-state index contributed by atoms with van der Waals surface area (Å²) in [4.78, 5) is 35.1. The monoisotopic (exact) mass is 377 g/mol. The Morgan fingerprint density at radius 1 is 1.11 bits per heavy atom. The Hall–Kier alpha value is -3.94. The lowest BCUT2D eigenvalue weighted by molar-refractivity contribution is -0.384. The van der Waals surface area contributed by atoms with E-state index in [1.165, 1.54) is 42.5 Å². The number of hydrogen-bond acceptors (Lipinski definition) is 7. The van der Waals surface area contributed by atoms with Crippen LogP contribution in [0, 0.1) is 16.0 Å². The maximum Gasteiger partial charge on any atom is 0.340 e. The van der Waals surface area contributed by atoms with Crippen LogP contribution in [0.3, 0.4) is 0 Å². The fourth-order valence-corrected chi connectivity index (χ4v) is 4.02. The molecule has 1 N–H and O–H groups in total. The number of non-ortho nitro benzene ring substituents is 1. The van der Waals surface area contributed by atoms with Gasteiger partial charge in [-0.1, -0.05) is 6.08 Å². The van der Waals surface area contributed by atoms with Crippen LogP contribution in [0.25, 0.3) is 0 Å². The number of esters is 1. The quantitative estimate of drug-likeness (QED) is 0.461. The van der Waals surface area contributed by atoms with Gasteiger partial charge in [0, 0.05) is 35.4 Å². The first-order valence-corrected chi connectivity index (χ1v) is 8.37. The minimum absolute atomic E-state index is 0.0566. The average molecular weight is 377 g/mol. The topological polar surface area (TPSA) is 116 Å². The molecule has 0 amide bonds. The first-order valence-electron chi connectivity index (χ1n) is 8.37. The Kier molecular flexibility index (Phi) is 3.07. The Morgan fingerprint density at radius 2 is 1.89 bits per heavy atom. The van der Waals surface area contributed by atoms with E-state index in [2.05, 4.69) is 0 Å². The molecule has 2 atom stereocenters. The number of nitrogens with zero attached hydrogens (tertiary/aromatic N) is 1. The normalized spacial score (nSPS) is 24.0. The van der Waals surface area contributed by atoms with E-state index in [1.54, 1.807) is 12.1 Å². The van der Waals surface area contributed by atoms with E-state index < -0.39 is 22.4 Å². The molecule has 2 heterocycles. The molecule has 3 aliphatic rings. The number of aromatic hydroxyl groups is 1. The van der Waals surface area contributed by atoms with E-state index in [0.717, 1.165) is 0 Å². The minimum Gasteiger partial charge on any atom is -0.508 e. The number of ketones is 1. The molecule has 28 heavy (non-hydrogen) atoms. The Morgan fingerprint density at radius 3 is 2.68 bits per heavy atom. The molecule has 8 nitrogen and oxygen atoms in total. The van der Waals surface area contributed by atoms with Gasteiger partial charge in [-0.3, -0.25) is 14.9 Å². The number of nitro benzene ring substituents is 1. The van der Waals surface area contributed by atoms with Crippen molar-refractivity contribution in [1.29, 1.82) is 0 Å². The SMILES string of the molecule is O=C1C=C[C@H]2C(=C1)Oc1cc(O)ccc1[C@@]21OC(=O)c2cc([N+](=O)[O-])ccc21. The van der Waals surface area contributed by atoms with E-state index in [4.69, 9.17) is 9.47 Å². The average Bonchev–Trinajstić information content (AvgIpc) is 2.94. The molecule has 2 aromatic carbocycles. The van der Waals surface area contributed by atoms with Crippen molar-refractivity contribution in [2.75, 3.05) is 0 Å². The van der Waals surface area contributed by atoms with Crippen LogP contribution in [0.1, 0.15) is 21.5 Å². The number of phenolic OH excluding ortho intramolecular Hbond substituents is 1. The summed E-state index contributed by atoms with van der Waals surface area (Å²) in [6.45, 7) is 0. The molecular formula is C20H11NO7. The zero-order chi connectivity index (χ0) is 19.6. The standard InChI is InChI=1S/C20H11NO7/c22-11-2-5-15-17(8-11)27-18-9-12(23)3-6-16(18)20(15)14-4-1-10(21(25)26)7-13(14)19(24)28-20/h1-9,15,23H/t15-,20-/m0/s1. The lowest BCUT2D eigenvalue weighted by atomic mass is 9.71. The van der Waals surface area contributed by atoms with Crippen LogP contribution in [0.5, 0.6) is 11.5 Å². The highest BCUT2D eigenvalue weighted by molar-refractivity contribution is 6.01. The third-order valence-electron chi connectivity index (χ3n) is 5.16. The summed E-state index contributed by atoms with van der Waals surface area (Å²) >= 11 is 0. The third-order valence-corrected chi connectivity index (χ3v) is 5.16. The molecule has 138 valence electrons. The maximum atomic E-state index is 12.7. The third kappa shape index (κ3) is 1.99. The molecule has 8 heteroatoms. The Balaban J connectivity index is 1.83. The van der Waals surface area contributed by atoms with Gasteiger partial charge in [0.05, 0.1) is 16.4 Å². The van der Waals surface area contributed by atoms with Crippen LogP contribution >= 0.6 is 0 Å². The van der Waals surface area contributed by atoms with Crippen LogP contribution in [0.2, 0.25) is 0 Å². The van der Waals surface area contributed by atoms with Gasteiger partial charge in [0.15, 0.2) is 11.4 Å². The summed E-state index contributed by atoms with van der Waals surface area (Å²) < 4.78 is 11.7. The summed E-state index contributed by atoms with van der Waals surface area (Å²) in [6.07, 6.45) is 4.26. The van der Waals surface area contributed by atoms with Crippen LogP contribution in [-0.4, -0.2) is 21.8 Å². The van der Waals surface area contributed by atoms with Gasteiger partial charge in [-0.05, 0) is 24.3 Å². The second-order valence-corrected chi connectivity index (χ2v) is 6.68. The molecule has 0 saturated heterocycles. The summed E-state index contributed by atoms with van der Waals surface area (Å²) in [6, 6.07) is 8.36. The van der Waals surface area contributed by atoms with Crippen molar-refractivity contribution >= 4 is 17.4 Å². The molecule has 1 aliphatic carbocycles. The van der Waals surface area contributed by atoms with Gasteiger partial charge in [0.25, 0.3) is 5.69 Å². The van der Waals surface area contributed by atoms with Gasteiger partial charge >= 0.3 is 5.97 Å². The summed E-state index contributed by atoms with van der Waals surface area (Å²) in [7, 11) is 0. The van der Waals surface area contributed by atoms with E-state index in [0.29, 0.717) is 11.1 Å². The molecule has 0 radical (unpaired) electrons. The molecule has 2 aliphatic heterocycles. The summed E-state index contributed by atoms with van der Waals surface area (Å²) in [5.41, 5.74) is -0.581. The van der Waals surface area contributed by atoms with Crippen molar-refractivity contribution < 1.29 is 29.1 Å². The lowest BCUT2D eigenvalue weighted by Gasteiger charge is -2.42. The fourth-order valence-electron chi connectivity index (χ4n) is 4.02. The Labute approximate surface area is 157 Å². The minimum atomic E-state index is -1.36. The number of ether oxygens (including phenoxy) is 2. The fraction of sp³-hybridized carbons (Fsp3) is 0.100. The van der Waals surface area contributed by atoms with Gasteiger partial charge in [-0.2, -0.15) is 0 Å². The molecule has 0 saturated carbocycles. The van der Waals surface area contributed by atoms with Crippen LogP contribution in [-0.2, 0) is 15.1 Å².